The minimum Gasteiger partial charge on any atom is -0.356 e. The summed E-state index contributed by atoms with van der Waals surface area (Å²) in [5, 5.41) is 2.20. The Morgan fingerprint density at radius 3 is 2.81 bits per heavy atom. The van der Waals surface area contributed by atoms with Crippen LogP contribution in [0.1, 0.15) is 18.7 Å². The van der Waals surface area contributed by atoms with Gasteiger partial charge in [-0.3, -0.25) is 4.79 Å². The van der Waals surface area contributed by atoms with Crippen molar-refractivity contribution in [3.05, 3.63) is 18.2 Å². The van der Waals surface area contributed by atoms with E-state index in [0.29, 0.717) is 12.8 Å². The molecule has 16 heavy (non-hydrogen) atoms. The molecule has 0 spiro atoms. The number of nitrogens with one attached hydrogen (secondary N) is 2. The van der Waals surface area contributed by atoms with Crippen molar-refractivity contribution in [3.63, 3.8) is 0 Å². The van der Waals surface area contributed by atoms with Crippen LogP contribution in [0.15, 0.2) is 12.4 Å². The third kappa shape index (κ3) is 5.38. The van der Waals surface area contributed by atoms with Crippen molar-refractivity contribution in [1.29, 1.82) is 0 Å². The second-order valence-corrected chi connectivity index (χ2v) is 3.28. The van der Waals surface area contributed by atoms with Crippen molar-refractivity contribution in [2.24, 2.45) is 0 Å². The molecule has 0 fully saturated rings. The van der Waals surface area contributed by atoms with E-state index in [2.05, 4.69) is 15.3 Å². The Labute approximate surface area is 90.3 Å². The lowest BCUT2D eigenvalue weighted by atomic mass is 10.3. The first kappa shape index (κ1) is 12.5. The topological polar surface area (TPSA) is 57.8 Å². The highest BCUT2D eigenvalue weighted by molar-refractivity contribution is 5.76. The maximum absolute atomic E-state index is 11.8. The maximum atomic E-state index is 11.8. The predicted molar refractivity (Wildman–Crippen MR) is 50.6 cm³/mol. The summed E-state index contributed by atoms with van der Waals surface area (Å²) in [6.45, 7) is 0.218. The molecular weight excluding hydrogens is 223 g/mol. The highest BCUT2D eigenvalue weighted by atomic mass is 19.4. The molecule has 0 unspecified atom stereocenters. The monoisotopic (exact) mass is 235 g/mol. The number of imidazole rings is 1. The summed E-state index contributed by atoms with van der Waals surface area (Å²) >= 11 is 0. The summed E-state index contributed by atoms with van der Waals surface area (Å²) in [7, 11) is 0. The van der Waals surface area contributed by atoms with E-state index in [1.165, 1.54) is 0 Å². The number of aromatic nitrogens is 2. The van der Waals surface area contributed by atoms with Crippen molar-refractivity contribution >= 4 is 5.91 Å². The van der Waals surface area contributed by atoms with Crippen LogP contribution in [0.3, 0.4) is 0 Å². The van der Waals surface area contributed by atoms with Gasteiger partial charge in [-0.1, -0.05) is 0 Å². The average Bonchev–Trinajstić information content (AvgIpc) is 2.62. The minimum atomic E-state index is -4.44. The van der Waals surface area contributed by atoms with E-state index in [1.807, 2.05) is 0 Å². The molecule has 4 nitrogen and oxygen atoms in total. The highest BCUT2D eigenvalue weighted by Crippen LogP contribution is 2.18. The van der Waals surface area contributed by atoms with Gasteiger partial charge in [0.15, 0.2) is 0 Å². The summed E-state index contributed by atoms with van der Waals surface area (Å²) in [4.78, 5) is 17.6. The van der Waals surface area contributed by atoms with Crippen LogP contribution in [-0.2, 0) is 11.2 Å². The third-order valence-corrected chi connectivity index (χ3v) is 1.83. The molecular formula is C9H12F3N3O. The molecule has 0 radical (unpaired) electrons. The zero-order valence-electron chi connectivity index (χ0n) is 8.47. The number of H-pyrrole nitrogens is 1. The molecule has 1 aromatic rings. The summed E-state index contributed by atoms with van der Waals surface area (Å²) in [5.74, 6) is -0.239. The predicted octanol–water partition coefficient (Wildman–Crippen LogP) is 1.41. The fourth-order valence-electron chi connectivity index (χ4n) is 1.16. The van der Waals surface area contributed by atoms with E-state index in [-0.39, 0.29) is 6.54 Å². The lowest BCUT2D eigenvalue weighted by Crippen LogP contribution is -2.29. The van der Waals surface area contributed by atoms with Gasteiger partial charge in [-0.15, -0.1) is 0 Å². The molecule has 1 heterocycles. The molecule has 7 heteroatoms. The fourth-order valence-corrected chi connectivity index (χ4v) is 1.16. The standard InChI is InChI=1S/C9H12F3N3O/c10-9(11,12)6-8(16)15-3-1-2-7-13-4-5-14-7/h4-5H,1-3,6H2,(H,13,14)(H,15,16). The molecule has 0 aromatic carbocycles. The van der Waals surface area contributed by atoms with Gasteiger partial charge in [0, 0.05) is 25.4 Å². The summed E-state index contributed by atoms with van der Waals surface area (Å²) in [6.07, 6.45) is -1.45. The van der Waals surface area contributed by atoms with E-state index in [9.17, 15) is 18.0 Å². The number of amides is 1. The van der Waals surface area contributed by atoms with Gasteiger partial charge in [-0.05, 0) is 6.42 Å². The average molecular weight is 235 g/mol. The van der Waals surface area contributed by atoms with Gasteiger partial charge >= 0.3 is 6.18 Å². The van der Waals surface area contributed by atoms with Gasteiger partial charge in [0.25, 0.3) is 0 Å². The number of aromatic amines is 1. The second kappa shape index (κ2) is 5.53. The lowest BCUT2D eigenvalue weighted by Gasteiger charge is -2.06. The Balaban J connectivity index is 2.09. The molecule has 0 atom stereocenters. The molecule has 1 amide bonds. The van der Waals surface area contributed by atoms with E-state index < -0.39 is 18.5 Å². The van der Waals surface area contributed by atoms with E-state index in [4.69, 9.17) is 0 Å². The molecule has 2 N–H and O–H groups in total. The number of rotatable bonds is 5. The van der Waals surface area contributed by atoms with Crippen molar-refractivity contribution in [2.45, 2.75) is 25.4 Å². The Morgan fingerprint density at radius 1 is 1.50 bits per heavy atom. The van der Waals surface area contributed by atoms with Crippen LogP contribution in [-0.4, -0.2) is 28.6 Å². The molecule has 1 aromatic heterocycles. The quantitative estimate of drug-likeness (QED) is 0.758. The van der Waals surface area contributed by atoms with Crippen LogP contribution in [0.5, 0.6) is 0 Å². The molecule has 0 bridgehead atoms. The zero-order valence-corrected chi connectivity index (χ0v) is 8.47. The van der Waals surface area contributed by atoms with E-state index in [1.54, 1.807) is 12.4 Å². The van der Waals surface area contributed by atoms with Gasteiger partial charge in [0.05, 0.1) is 0 Å². The van der Waals surface area contributed by atoms with E-state index >= 15 is 0 Å². The number of halogens is 3. The van der Waals surface area contributed by atoms with Gasteiger partial charge in [-0.25, -0.2) is 4.98 Å². The highest BCUT2D eigenvalue weighted by Gasteiger charge is 2.30. The number of hydrogen-bond acceptors (Lipinski definition) is 2. The summed E-state index contributed by atoms with van der Waals surface area (Å²) in [5.41, 5.74) is 0. The Morgan fingerprint density at radius 2 is 2.25 bits per heavy atom. The van der Waals surface area contributed by atoms with Crippen LogP contribution >= 0.6 is 0 Å². The van der Waals surface area contributed by atoms with Crippen molar-refractivity contribution in [2.75, 3.05) is 6.54 Å². The molecule has 1 rings (SSSR count). The number of aryl methyl sites for hydroxylation is 1. The zero-order chi connectivity index (χ0) is 12.0. The Bertz CT molecular complexity index is 321. The molecule has 0 saturated heterocycles. The minimum absolute atomic E-state index is 0.218. The molecule has 0 aliphatic rings. The van der Waals surface area contributed by atoms with Crippen LogP contribution in [0.4, 0.5) is 13.2 Å². The van der Waals surface area contributed by atoms with Crippen molar-refractivity contribution in [3.8, 4) is 0 Å². The van der Waals surface area contributed by atoms with Crippen molar-refractivity contribution in [1.82, 2.24) is 15.3 Å². The summed E-state index contributed by atoms with van der Waals surface area (Å²) < 4.78 is 35.3. The normalized spacial score (nSPS) is 11.4. The number of alkyl halides is 3. The summed E-state index contributed by atoms with van der Waals surface area (Å²) in [6, 6.07) is 0. The Hall–Kier alpha value is -1.53. The molecule has 0 aliphatic carbocycles. The maximum Gasteiger partial charge on any atom is 0.397 e. The molecule has 0 aliphatic heterocycles. The number of hydrogen-bond donors (Lipinski definition) is 2. The Kier molecular flexibility index (Phi) is 4.33. The SMILES string of the molecule is O=C(CC(F)(F)F)NCCCc1ncc[nH]1. The van der Waals surface area contributed by atoms with Gasteiger partial charge < -0.3 is 10.3 Å². The van der Waals surface area contributed by atoms with Crippen LogP contribution < -0.4 is 5.32 Å². The largest absolute Gasteiger partial charge is 0.397 e. The number of carbonyl (C=O) groups excluding carboxylic acids is 1. The van der Waals surface area contributed by atoms with E-state index in [0.717, 1.165) is 5.82 Å². The second-order valence-electron chi connectivity index (χ2n) is 3.28. The van der Waals surface area contributed by atoms with Crippen LogP contribution in [0, 0.1) is 0 Å². The van der Waals surface area contributed by atoms with Gasteiger partial charge in [0.1, 0.15) is 12.2 Å². The first-order valence-corrected chi connectivity index (χ1v) is 4.79. The number of carbonyl (C=O) groups is 1. The third-order valence-electron chi connectivity index (χ3n) is 1.83. The lowest BCUT2D eigenvalue weighted by molar-refractivity contribution is -0.153. The van der Waals surface area contributed by atoms with Crippen molar-refractivity contribution < 1.29 is 18.0 Å². The molecule has 0 saturated carbocycles. The first-order valence-electron chi connectivity index (χ1n) is 4.79. The fraction of sp³-hybridized carbons (Fsp3) is 0.556. The smallest absolute Gasteiger partial charge is 0.356 e. The number of nitrogens with zero attached hydrogens (tertiary/aromatic N) is 1. The van der Waals surface area contributed by atoms with Crippen LogP contribution in [0.2, 0.25) is 0 Å². The van der Waals surface area contributed by atoms with Crippen LogP contribution in [0.25, 0.3) is 0 Å². The first-order chi connectivity index (χ1) is 7.47. The molecule has 90 valence electrons. The van der Waals surface area contributed by atoms with Gasteiger partial charge in [0.2, 0.25) is 5.91 Å². The van der Waals surface area contributed by atoms with Gasteiger partial charge in [-0.2, -0.15) is 13.2 Å².